The molecule has 166 valence electrons. The highest BCUT2D eigenvalue weighted by atomic mass is 19.1. The molecule has 2 N–H and O–H groups in total. The summed E-state index contributed by atoms with van der Waals surface area (Å²) in [6, 6.07) is 6.91. The van der Waals surface area contributed by atoms with Gasteiger partial charge >= 0.3 is 0 Å². The van der Waals surface area contributed by atoms with Gasteiger partial charge in [-0.3, -0.25) is 14.8 Å². The molecule has 0 spiro atoms. The highest BCUT2D eigenvalue weighted by Gasteiger charge is 2.16. The number of likely N-dealkylation sites (N-methyl/N-ethyl adjacent to an activating group) is 1. The average Bonchev–Trinajstić information content (AvgIpc) is 3.50. The fourth-order valence-corrected chi connectivity index (χ4v) is 3.84. The lowest BCUT2D eigenvalue weighted by Gasteiger charge is -2.09. The van der Waals surface area contributed by atoms with Gasteiger partial charge in [-0.2, -0.15) is 10.2 Å². The van der Waals surface area contributed by atoms with Crippen molar-refractivity contribution < 1.29 is 4.39 Å². The molecule has 0 fully saturated rings. The van der Waals surface area contributed by atoms with Gasteiger partial charge in [0, 0.05) is 35.6 Å². The van der Waals surface area contributed by atoms with E-state index in [0.717, 1.165) is 52.1 Å². The topological polar surface area (TPSA) is 97.2 Å². The minimum Gasteiger partial charge on any atom is -0.318 e. The molecule has 0 saturated heterocycles. The molecule has 5 aromatic heterocycles. The molecule has 0 bridgehead atoms. The van der Waals surface area contributed by atoms with E-state index in [1.165, 1.54) is 6.07 Å². The van der Waals surface area contributed by atoms with Crippen LogP contribution in [-0.4, -0.2) is 48.5 Å². The van der Waals surface area contributed by atoms with Crippen molar-refractivity contribution in [3.8, 4) is 33.8 Å². The molecule has 0 unspecified atom stereocenters. The van der Waals surface area contributed by atoms with E-state index >= 15 is 0 Å². The highest BCUT2D eigenvalue weighted by molar-refractivity contribution is 5.88. The summed E-state index contributed by atoms with van der Waals surface area (Å²) in [6.45, 7) is 5.32. The lowest BCUT2D eigenvalue weighted by molar-refractivity contribution is 0.585. The molecular formula is C24H23FN8. The Hall–Kier alpha value is -3.98. The number of aromatic amines is 1. The van der Waals surface area contributed by atoms with E-state index in [0.29, 0.717) is 17.1 Å². The van der Waals surface area contributed by atoms with Crippen LogP contribution in [0.15, 0.2) is 49.1 Å². The van der Waals surface area contributed by atoms with E-state index in [9.17, 15) is 4.39 Å². The van der Waals surface area contributed by atoms with E-state index in [1.54, 1.807) is 19.2 Å². The zero-order valence-corrected chi connectivity index (χ0v) is 18.6. The molecule has 5 aromatic rings. The first-order chi connectivity index (χ1) is 16.0. The lowest BCUT2D eigenvalue weighted by Crippen LogP contribution is -2.14. The number of rotatable bonds is 6. The largest absolute Gasteiger partial charge is 0.318 e. The van der Waals surface area contributed by atoms with Crippen LogP contribution in [-0.2, 0) is 6.54 Å². The minimum absolute atomic E-state index is 0.333. The predicted octanol–water partition coefficient (Wildman–Crippen LogP) is 3.92. The lowest BCUT2D eigenvalue weighted by atomic mass is 10.0. The van der Waals surface area contributed by atoms with Crippen LogP contribution >= 0.6 is 0 Å². The Morgan fingerprint density at radius 3 is 2.67 bits per heavy atom. The molecule has 0 aliphatic carbocycles. The zero-order chi connectivity index (χ0) is 22.9. The molecule has 0 aliphatic rings. The van der Waals surface area contributed by atoms with Crippen LogP contribution in [0.5, 0.6) is 0 Å². The van der Waals surface area contributed by atoms with E-state index in [2.05, 4.69) is 30.6 Å². The van der Waals surface area contributed by atoms with E-state index in [4.69, 9.17) is 4.98 Å². The number of pyridine rings is 3. The first-order valence-electron chi connectivity index (χ1n) is 10.7. The van der Waals surface area contributed by atoms with Gasteiger partial charge in [0.25, 0.3) is 0 Å². The van der Waals surface area contributed by atoms with Gasteiger partial charge in [-0.15, -0.1) is 0 Å². The Morgan fingerprint density at radius 2 is 1.85 bits per heavy atom. The number of nitrogens with one attached hydrogen (secondary N) is 2. The molecule has 0 saturated carbocycles. The van der Waals surface area contributed by atoms with Crippen LogP contribution in [0.3, 0.4) is 0 Å². The van der Waals surface area contributed by atoms with Crippen LogP contribution in [0, 0.1) is 19.7 Å². The van der Waals surface area contributed by atoms with Crippen molar-refractivity contribution in [3.05, 3.63) is 66.1 Å². The third-order valence-electron chi connectivity index (χ3n) is 5.69. The number of H-pyrrole nitrogens is 1. The van der Waals surface area contributed by atoms with Crippen LogP contribution in [0.4, 0.5) is 4.39 Å². The summed E-state index contributed by atoms with van der Waals surface area (Å²) < 4.78 is 15.6. The van der Waals surface area contributed by atoms with Gasteiger partial charge in [0.15, 0.2) is 0 Å². The summed E-state index contributed by atoms with van der Waals surface area (Å²) in [5, 5.41) is 14.8. The number of fused-ring (bicyclic) bond motifs is 1. The van der Waals surface area contributed by atoms with Crippen LogP contribution in [0.2, 0.25) is 0 Å². The third kappa shape index (κ3) is 3.87. The fraction of sp³-hybridized carbons (Fsp3) is 0.208. The number of nitrogens with zero attached hydrogens (tertiary/aromatic N) is 6. The third-order valence-corrected chi connectivity index (χ3v) is 5.69. The van der Waals surface area contributed by atoms with Crippen molar-refractivity contribution >= 4 is 11.0 Å². The van der Waals surface area contributed by atoms with E-state index in [1.807, 2.05) is 49.4 Å². The summed E-state index contributed by atoms with van der Waals surface area (Å²) >= 11 is 0. The van der Waals surface area contributed by atoms with Crippen molar-refractivity contribution in [1.29, 1.82) is 0 Å². The van der Waals surface area contributed by atoms with Gasteiger partial charge in [0.2, 0.25) is 0 Å². The molecule has 8 nitrogen and oxygen atoms in total. The number of halogens is 1. The van der Waals surface area contributed by atoms with E-state index in [-0.39, 0.29) is 5.82 Å². The number of aromatic nitrogens is 7. The minimum atomic E-state index is -0.341. The SMILES string of the molecule is CNCCn1cc(-c2cnc3ccc(-c4cn[nH]c4-c4ccc(F)c(C)n4)nc3c2C)cn1. The maximum absolute atomic E-state index is 13.7. The van der Waals surface area contributed by atoms with Crippen molar-refractivity contribution in [2.45, 2.75) is 20.4 Å². The molecule has 5 rings (SSSR count). The zero-order valence-electron chi connectivity index (χ0n) is 18.6. The van der Waals surface area contributed by atoms with Crippen molar-refractivity contribution in [2.75, 3.05) is 13.6 Å². The molecule has 0 aromatic carbocycles. The normalized spacial score (nSPS) is 11.4. The quantitative estimate of drug-likeness (QED) is 0.414. The Balaban J connectivity index is 1.57. The second kappa shape index (κ2) is 8.51. The van der Waals surface area contributed by atoms with Crippen molar-refractivity contribution in [1.82, 2.24) is 40.2 Å². The van der Waals surface area contributed by atoms with Gasteiger partial charge < -0.3 is 5.32 Å². The molecule has 5 heterocycles. The summed E-state index contributed by atoms with van der Waals surface area (Å²) in [4.78, 5) is 13.9. The standard InChI is InChI=1S/C24H23FN8/c1-14-17(16-10-29-33(13-16)9-8-26-3)11-27-21-7-6-20(31-23(14)21)18-12-28-32-24(18)22-5-4-19(25)15(2)30-22/h4-7,10-13,26H,8-9H2,1-3H3,(H,28,32). The Bertz CT molecular complexity index is 1450. The van der Waals surface area contributed by atoms with Gasteiger partial charge in [0.1, 0.15) is 5.82 Å². The van der Waals surface area contributed by atoms with Gasteiger partial charge in [-0.1, -0.05) is 0 Å². The van der Waals surface area contributed by atoms with E-state index < -0.39 is 0 Å². The molecule has 33 heavy (non-hydrogen) atoms. The maximum Gasteiger partial charge on any atom is 0.144 e. The van der Waals surface area contributed by atoms with Crippen molar-refractivity contribution in [2.24, 2.45) is 0 Å². The maximum atomic E-state index is 13.7. The smallest absolute Gasteiger partial charge is 0.144 e. The second-order valence-corrected chi connectivity index (χ2v) is 7.88. The number of hydrogen-bond donors (Lipinski definition) is 2. The highest BCUT2D eigenvalue weighted by Crippen LogP contribution is 2.32. The summed E-state index contributed by atoms with van der Waals surface area (Å²) in [5.41, 5.74) is 7.80. The van der Waals surface area contributed by atoms with Gasteiger partial charge in [-0.05, 0) is 50.7 Å². The summed E-state index contributed by atoms with van der Waals surface area (Å²) in [7, 11) is 1.92. The Morgan fingerprint density at radius 1 is 1.00 bits per heavy atom. The van der Waals surface area contributed by atoms with Crippen molar-refractivity contribution in [3.63, 3.8) is 0 Å². The molecule has 0 atom stereocenters. The van der Waals surface area contributed by atoms with Gasteiger partial charge in [-0.25, -0.2) is 14.4 Å². The molecule has 9 heteroatoms. The summed E-state index contributed by atoms with van der Waals surface area (Å²) in [6.07, 6.45) is 7.45. The van der Waals surface area contributed by atoms with Gasteiger partial charge in [0.05, 0.1) is 52.7 Å². The predicted molar refractivity (Wildman–Crippen MR) is 125 cm³/mol. The number of aryl methyl sites for hydroxylation is 2. The molecule has 0 amide bonds. The fourth-order valence-electron chi connectivity index (χ4n) is 3.84. The molecular weight excluding hydrogens is 419 g/mol. The average molecular weight is 443 g/mol. The molecule has 0 radical (unpaired) electrons. The van der Waals surface area contributed by atoms with Crippen LogP contribution in [0.25, 0.3) is 44.8 Å². The Labute approximate surface area is 189 Å². The molecule has 0 aliphatic heterocycles. The van der Waals surface area contributed by atoms with Crippen LogP contribution < -0.4 is 5.32 Å². The second-order valence-electron chi connectivity index (χ2n) is 7.88. The first-order valence-corrected chi connectivity index (χ1v) is 10.7. The number of hydrogen-bond acceptors (Lipinski definition) is 6. The Kier molecular flexibility index (Phi) is 5.39. The van der Waals surface area contributed by atoms with Crippen LogP contribution in [0.1, 0.15) is 11.3 Å². The summed E-state index contributed by atoms with van der Waals surface area (Å²) in [5.74, 6) is -0.341. The monoisotopic (exact) mass is 442 g/mol. The first kappa shape index (κ1) is 20.9.